The smallest absolute Gasteiger partial charge is 0.306 e. The van der Waals surface area contributed by atoms with E-state index in [4.69, 9.17) is 4.74 Å². The van der Waals surface area contributed by atoms with E-state index in [9.17, 15) is 14.3 Å². The highest BCUT2D eigenvalue weighted by Gasteiger charge is 2.30. The summed E-state index contributed by atoms with van der Waals surface area (Å²) in [5.74, 6) is 0.117. The second-order valence-electron chi connectivity index (χ2n) is 7.59. The molecule has 0 aromatic heterocycles. The molecule has 1 aliphatic heterocycles. The Morgan fingerprint density at radius 1 is 0.900 bits per heavy atom. The van der Waals surface area contributed by atoms with E-state index in [0.29, 0.717) is 31.7 Å². The number of carbonyl (C=O) groups is 1. The molecule has 0 bridgehead atoms. The van der Waals surface area contributed by atoms with Crippen LogP contribution >= 0.6 is 0 Å². The lowest BCUT2D eigenvalue weighted by Gasteiger charge is -2.37. The molecule has 1 N–H and O–H groups in total. The minimum atomic E-state index is -0.741. The largest absolute Gasteiger partial charge is 0.481 e. The molecule has 0 spiro atoms. The molecule has 1 fully saturated rings. The third-order valence-corrected chi connectivity index (χ3v) is 5.56. The van der Waals surface area contributed by atoms with Crippen molar-refractivity contribution in [1.29, 1.82) is 0 Å². The lowest BCUT2D eigenvalue weighted by Crippen LogP contribution is -2.39. The molecule has 154 valence electrons. The van der Waals surface area contributed by atoms with E-state index < -0.39 is 5.97 Å². The van der Waals surface area contributed by atoms with Crippen LogP contribution in [0.4, 0.5) is 4.39 Å². The van der Waals surface area contributed by atoms with Crippen molar-refractivity contribution >= 4 is 5.97 Å². The van der Waals surface area contributed by atoms with Gasteiger partial charge in [-0.1, -0.05) is 42.5 Å². The molecule has 1 unspecified atom stereocenters. The van der Waals surface area contributed by atoms with Gasteiger partial charge in [-0.3, -0.25) is 9.69 Å². The van der Waals surface area contributed by atoms with E-state index in [1.165, 1.54) is 6.07 Å². The molecule has 0 saturated carbocycles. The predicted octanol–water partition coefficient (Wildman–Crippen LogP) is 5.50. The molecule has 3 aromatic carbocycles. The maximum Gasteiger partial charge on any atom is 0.306 e. The number of piperidine rings is 1. The highest BCUT2D eigenvalue weighted by molar-refractivity contribution is 5.70. The van der Waals surface area contributed by atoms with Crippen molar-refractivity contribution in [2.45, 2.75) is 18.9 Å². The topological polar surface area (TPSA) is 49.8 Å². The summed E-state index contributed by atoms with van der Waals surface area (Å²) in [5, 5.41) is 9.33. The van der Waals surface area contributed by atoms with Crippen LogP contribution in [0.25, 0.3) is 0 Å². The highest BCUT2D eigenvalue weighted by atomic mass is 19.1. The average Bonchev–Trinajstić information content (AvgIpc) is 2.75. The van der Waals surface area contributed by atoms with Crippen molar-refractivity contribution in [1.82, 2.24) is 4.90 Å². The minimum absolute atomic E-state index is 0.172. The standard InChI is InChI=1S/C25H24FNO3/c26-21-8-4-6-19(16-21)24(27-14-12-18(13-15-27)25(28)29)20-7-5-11-23(17-20)30-22-9-2-1-3-10-22/h1-11,16-18,24H,12-15H2,(H,28,29). The van der Waals surface area contributed by atoms with E-state index in [0.717, 1.165) is 16.9 Å². The summed E-state index contributed by atoms with van der Waals surface area (Å²) in [4.78, 5) is 13.6. The lowest BCUT2D eigenvalue weighted by molar-refractivity contribution is -0.143. The Morgan fingerprint density at radius 2 is 1.53 bits per heavy atom. The van der Waals surface area contributed by atoms with E-state index in [1.807, 2.05) is 60.7 Å². The van der Waals surface area contributed by atoms with Crippen molar-refractivity contribution in [2.75, 3.05) is 13.1 Å². The third kappa shape index (κ3) is 4.69. The Kier molecular flexibility index (Phi) is 6.10. The first-order chi connectivity index (χ1) is 14.6. The maximum absolute atomic E-state index is 14.0. The number of aliphatic carboxylic acids is 1. The Morgan fingerprint density at radius 3 is 2.20 bits per heavy atom. The van der Waals surface area contributed by atoms with E-state index in [2.05, 4.69) is 4.90 Å². The molecule has 30 heavy (non-hydrogen) atoms. The van der Waals surface area contributed by atoms with Crippen LogP contribution in [0.2, 0.25) is 0 Å². The molecule has 0 radical (unpaired) electrons. The Hall–Kier alpha value is -3.18. The zero-order chi connectivity index (χ0) is 20.9. The van der Waals surface area contributed by atoms with Crippen LogP contribution in [0.5, 0.6) is 11.5 Å². The first kappa shape index (κ1) is 20.1. The average molecular weight is 405 g/mol. The summed E-state index contributed by atoms with van der Waals surface area (Å²) in [6.07, 6.45) is 1.17. The number of ether oxygens (including phenoxy) is 1. The molecule has 1 heterocycles. The fourth-order valence-corrected chi connectivity index (χ4v) is 4.07. The van der Waals surface area contributed by atoms with Crippen LogP contribution in [-0.4, -0.2) is 29.1 Å². The number of benzene rings is 3. The summed E-state index contributed by atoms with van der Waals surface area (Å²) in [7, 11) is 0. The monoisotopic (exact) mass is 405 g/mol. The maximum atomic E-state index is 14.0. The van der Waals surface area contributed by atoms with Crippen molar-refractivity contribution in [3.63, 3.8) is 0 Å². The molecule has 1 saturated heterocycles. The van der Waals surface area contributed by atoms with E-state index >= 15 is 0 Å². The number of halogens is 1. The SMILES string of the molecule is O=C(O)C1CCN(C(c2cccc(F)c2)c2cccc(Oc3ccccc3)c2)CC1. The Labute approximate surface area is 175 Å². The van der Waals surface area contributed by atoms with Crippen LogP contribution < -0.4 is 4.74 Å². The highest BCUT2D eigenvalue weighted by Crippen LogP contribution is 2.35. The number of nitrogens with zero attached hydrogens (tertiary/aromatic N) is 1. The van der Waals surface area contributed by atoms with Gasteiger partial charge in [0.25, 0.3) is 0 Å². The van der Waals surface area contributed by atoms with Gasteiger partial charge in [-0.15, -0.1) is 0 Å². The fourth-order valence-electron chi connectivity index (χ4n) is 4.07. The van der Waals surface area contributed by atoms with Gasteiger partial charge in [-0.2, -0.15) is 0 Å². The second kappa shape index (κ2) is 9.09. The molecule has 4 nitrogen and oxygen atoms in total. The van der Waals surface area contributed by atoms with Crippen molar-refractivity contribution in [2.24, 2.45) is 5.92 Å². The number of hydrogen-bond acceptors (Lipinski definition) is 3. The van der Waals surface area contributed by atoms with Crippen LogP contribution in [0.3, 0.4) is 0 Å². The fraction of sp³-hybridized carbons (Fsp3) is 0.240. The molecule has 4 rings (SSSR count). The molecule has 5 heteroatoms. The van der Waals surface area contributed by atoms with Crippen LogP contribution in [0.15, 0.2) is 78.9 Å². The Balaban J connectivity index is 1.64. The van der Waals surface area contributed by atoms with Gasteiger partial charge in [0.05, 0.1) is 12.0 Å². The van der Waals surface area contributed by atoms with Crippen molar-refractivity contribution in [3.05, 3.63) is 95.8 Å². The number of rotatable bonds is 6. The number of para-hydroxylation sites is 1. The van der Waals surface area contributed by atoms with Gasteiger partial charge >= 0.3 is 5.97 Å². The molecule has 0 aliphatic carbocycles. The summed E-state index contributed by atoms with van der Waals surface area (Å²) >= 11 is 0. The normalized spacial score (nSPS) is 16.2. The number of hydrogen-bond donors (Lipinski definition) is 1. The molecular weight excluding hydrogens is 381 g/mol. The van der Waals surface area contributed by atoms with Crippen LogP contribution in [0.1, 0.15) is 30.0 Å². The molecule has 1 atom stereocenters. The predicted molar refractivity (Wildman–Crippen MR) is 113 cm³/mol. The quantitative estimate of drug-likeness (QED) is 0.588. The van der Waals surface area contributed by atoms with Crippen molar-refractivity contribution in [3.8, 4) is 11.5 Å². The van der Waals surface area contributed by atoms with Gasteiger partial charge < -0.3 is 9.84 Å². The van der Waals surface area contributed by atoms with Gasteiger partial charge in [0.15, 0.2) is 0 Å². The number of likely N-dealkylation sites (tertiary alicyclic amines) is 1. The Bertz CT molecular complexity index is 1000. The molecule has 1 aliphatic rings. The third-order valence-electron chi connectivity index (χ3n) is 5.56. The van der Waals surface area contributed by atoms with E-state index in [1.54, 1.807) is 12.1 Å². The summed E-state index contributed by atoms with van der Waals surface area (Å²) in [5.41, 5.74) is 1.84. The van der Waals surface area contributed by atoms with Gasteiger partial charge in [0.2, 0.25) is 0 Å². The first-order valence-corrected chi connectivity index (χ1v) is 10.2. The minimum Gasteiger partial charge on any atom is -0.481 e. The zero-order valence-electron chi connectivity index (χ0n) is 16.6. The van der Waals surface area contributed by atoms with Gasteiger partial charge in [0, 0.05) is 0 Å². The van der Waals surface area contributed by atoms with Gasteiger partial charge in [0.1, 0.15) is 17.3 Å². The van der Waals surface area contributed by atoms with Crippen LogP contribution in [0, 0.1) is 11.7 Å². The van der Waals surface area contributed by atoms with E-state index in [-0.39, 0.29) is 17.8 Å². The summed E-state index contributed by atoms with van der Waals surface area (Å²) in [6.45, 7) is 1.28. The van der Waals surface area contributed by atoms with Gasteiger partial charge in [-0.25, -0.2) is 4.39 Å². The van der Waals surface area contributed by atoms with Crippen molar-refractivity contribution < 1.29 is 19.0 Å². The molecule has 0 amide bonds. The summed E-state index contributed by atoms with van der Waals surface area (Å²) in [6, 6.07) is 23.8. The number of carboxylic acid groups (broad SMARTS) is 1. The number of carboxylic acids is 1. The second-order valence-corrected chi connectivity index (χ2v) is 7.59. The molecule has 3 aromatic rings. The van der Waals surface area contributed by atoms with Crippen LogP contribution in [-0.2, 0) is 4.79 Å². The summed E-state index contributed by atoms with van der Waals surface area (Å²) < 4.78 is 20.0. The lowest BCUT2D eigenvalue weighted by atomic mass is 9.91. The zero-order valence-corrected chi connectivity index (χ0v) is 16.6. The molecular formula is C25H24FNO3. The first-order valence-electron chi connectivity index (χ1n) is 10.2. The van der Waals surface area contributed by atoms with Gasteiger partial charge in [-0.05, 0) is 73.5 Å².